The normalized spacial score (nSPS) is 22.1. The maximum absolute atomic E-state index is 12.3. The van der Waals surface area contributed by atoms with Crippen molar-refractivity contribution >= 4 is 11.6 Å². The van der Waals surface area contributed by atoms with E-state index in [1.165, 1.54) is 0 Å². The maximum atomic E-state index is 12.3. The molecule has 0 aliphatic carbocycles. The molecule has 1 amide bonds. The van der Waals surface area contributed by atoms with E-state index < -0.39 is 0 Å². The number of aryl methyl sites for hydroxylation is 1. The molecular weight excluding hydrogens is 308 g/mol. The summed E-state index contributed by atoms with van der Waals surface area (Å²) in [5.41, 5.74) is 1.82. The quantitative estimate of drug-likeness (QED) is 0.858. The van der Waals surface area contributed by atoms with Crippen LogP contribution in [0.15, 0.2) is 18.2 Å². The predicted molar refractivity (Wildman–Crippen MR) is 91.5 cm³/mol. The first-order chi connectivity index (χ1) is 11.7. The van der Waals surface area contributed by atoms with Gasteiger partial charge in [-0.3, -0.25) is 4.79 Å². The molecule has 2 heterocycles. The SMILES string of the molecule is Cc1ccc(NC(=O)C2COCCN2)cc1OCC1CCOCC1. The van der Waals surface area contributed by atoms with Crippen LogP contribution in [0, 0.1) is 12.8 Å². The number of amides is 1. The maximum Gasteiger partial charge on any atom is 0.243 e. The zero-order valence-corrected chi connectivity index (χ0v) is 14.2. The van der Waals surface area contributed by atoms with Crippen LogP contribution < -0.4 is 15.4 Å². The van der Waals surface area contributed by atoms with E-state index in [0.29, 0.717) is 32.3 Å². The van der Waals surface area contributed by atoms with E-state index in [-0.39, 0.29) is 11.9 Å². The highest BCUT2D eigenvalue weighted by atomic mass is 16.5. The number of hydrogen-bond acceptors (Lipinski definition) is 5. The highest BCUT2D eigenvalue weighted by molar-refractivity contribution is 5.95. The highest BCUT2D eigenvalue weighted by Crippen LogP contribution is 2.25. The Bertz CT molecular complexity index is 552. The van der Waals surface area contributed by atoms with Gasteiger partial charge in [0.1, 0.15) is 11.8 Å². The lowest BCUT2D eigenvalue weighted by atomic mass is 10.0. The second-order valence-electron chi connectivity index (χ2n) is 6.42. The van der Waals surface area contributed by atoms with Crippen molar-refractivity contribution in [2.24, 2.45) is 5.92 Å². The second kappa shape index (κ2) is 8.46. The Labute approximate surface area is 142 Å². The van der Waals surface area contributed by atoms with Crippen LogP contribution in [0.3, 0.4) is 0 Å². The first kappa shape index (κ1) is 17.2. The van der Waals surface area contributed by atoms with Crippen molar-refractivity contribution in [3.63, 3.8) is 0 Å². The summed E-state index contributed by atoms with van der Waals surface area (Å²) >= 11 is 0. The molecule has 0 aromatic heterocycles. The summed E-state index contributed by atoms with van der Waals surface area (Å²) in [6, 6.07) is 5.47. The van der Waals surface area contributed by atoms with Crippen LogP contribution in [0.4, 0.5) is 5.69 Å². The molecule has 132 valence electrons. The Morgan fingerprint density at radius 2 is 2.12 bits per heavy atom. The van der Waals surface area contributed by atoms with E-state index in [4.69, 9.17) is 14.2 Å². The van der Waals surface area contributed by atoms with E-state index in [2.05, 4.69) is 10.6 Å². The molecular formula is C18H26N2O4. The van der Waals surface area contributed by atoms with Gasteiger partial charge in [-0.05, 0) is 37.3 Å². The molecule has 1 atom stereocenters. The van der Waals surface area contributed by atoms with Crippen LogP contribution in [0.5, 0.6) is 5.75 Å². The summed E-state index contributed by atoms with van der Waals surface area (Å²) in [5, 5.41) is 6.09. The molecule has 1 aromatic carbocycles. The number of carbonyl (C=O) groups excluding carboxylic acids is 1. The van der Waals surface area contributed by atoms with Crippen molar-refractivity contribution < 1.29 is 19.0 Å². The third kappa shape index (κ3) is 4.69. The minimum absolute atomic E-state index is 0.0751. The molecule has 2 aliphatic rings. The van der Waals surface area contributed by atoms with Crippen LogP contribution in [-0.2, 0) is 14.3 Å². The lowest BCUT2D eigenvalue weighted by molar-refractivity contribution is -0.120. The number of nitrogens with one attached hydrogen (secondary N) is 2. The van der Waals surface area contributed by atoms with Gasteiger partial charge in [0, 0.05) is 31.5 Å². The summed E-state index contributed by atoms with van der Waals surface area (Å²) in [6.07, 6.45) is 2.09. The van der Waals surface area contributed by atoms with E-state index in [1.807, 2.05) is 25.1 Å². The number of ether oxygens (including phenoxy) is 3. The lowest BCUT2D eigenvalue weighted by Crippen LogP contribution is -2.48. The average Bonchev–Trinajstić information content (AvgIpc) is 2.63. The lowest BCUT2D eigenvalue weighted by Gasteiger charge is -2.24. The molecule has 2 saturated heterocycles. The van der Waals surface area contributed by atoms with Gasteiger partial charge in [0.25, 0.3) is 0 Å². The minimum atomic E-state index is -0.299. The number of hydrogen-bond donors (Lipinski definition) is 2. The van der Waals surface area contributed by atoms with Gasteiger partial charge in [0.05, 0.1) is 19.8 Å². The fourth-order valence-corrected chi connectivity index (χ4v) is 2.92. The largest absolute Gasteiger partial charge is 0.493 e. The highest BCUT2D eigenvalue weighted by Gasteiger charge is 2.21. The van der Waals surface area contributed by atoms with Gasteiger partial charge in [0.2, 0.25) is 5.91 Å². The monoisotopic (exact) mass is 334 g/mol. The second-order valence-corrected chi connectivity index (χ2v) is 6.42. The molecule has 6 nitrogen and oxygen atoms in total. The molecule has 2 N–H and O–H groups in total. The first-order valence-corrected chi connectivity index (χ1v) is 8.65. The summed E-state index contributed by atoms with van der Waals surface area (Å²) in [5.74, 6) is 1.29. The molecule has 0 spiro atoms. The Morgan fingerprint density at radius 1 is 1.29 bits per heavy atom. The Hall–Kier alpha value is -1.63. The average molecular weight is 334 g/mol. The molecule has 0 saturated carbocycles. The van der Waals surface area contributed by atoms with Crippen molar-refractivity contribution in [2.75, 3.05) is 44.9 Å². The van der Waals surface area contributed by atoms with Crippen LogP contribution in [0.25, 0.3) is 0 Å². The third-order valence-corrected chi connectivity index (χ3v) is 4.51. The van der Waals surface area contributed by atoms with Gasteiger partial charge in [-0.25, -0.2) is 0 Å². The Balaban J connectivity index is 1.57. The van der Waals surface area contributed by atoms with Crippen LogP contribution >= 0.6 is 0 Å². The molecule has 24 heavy (non-hydrogen) atoms. The Kier molecular flexibility index (Phi) is 6.07. The number of morpholine rings is 1. The topological polar surface area (TPSA) is 68.8 Å². The van der Waals surface area contributed by atoms with Crippen molar-refractivity contribution in [3.8, 4) is 5.75 Å². The van der Waals surface area contributed by atoms with E-state index in [1.54, 1.807) is 0 Å². The van der Waals surface area contributed by atoms with Crippen LogP contribution in [0.1, 0.15) is 18.4 Å². The van der Waals surface area contributed by atoms with Crippen molar-refractivity contribution in [1.82, 2.24) is 5.32 Å². The molecule has 0 bridgehead atoms. The molecule has 6 heteroatoms. The molecule has 1 unspecified atom stereocenters. The zero-order valence-electron chi connectivity index (χ0n) is 14.2. The van der Waals surface area contributed by atoms with Gasteiger partial charge in [0.15, 0.2) is 0 Å². The van der Waals surface area contributed by atoms with Crippen molar-refractivity contribution in [1.29, 1.82) is 0 Å². The van der Waals surface area contributed by atoms with E-state index in [9.17, 15) is 4.79 Å². The van der Waals surface area contributed by atoms with Gasteiger partial charge in [-0.2, -0.15) is 0 Å². The summed E-state index contributed by atoms with van der Waals surface area (Å²) in [6.45, 7) is 6.11. The number of anilines is 1. The predicted octanol–water partition coefficient (Wildman–Crippen LogP) is 1.73. The minimum Gasteiger partial charge on any atom is -0.493 e. The summed E-state index contributed by atoms with van der Waals surface area (Å²) in [7, 11) is 0. The zero-order chi connectivity index (χ0) is 16.8. The van der Waals surface area contributed by atoms with E-state index >= 15 is 0 Å². The summed E-state index contributed by atoms with van der Waals surface area (Å²) in [4.78, 5) is 12.3. The van der Waals surface area contributed by atoms with Crippen LogP contribution in [-0.4, -0.2) is 51.5 Å². The van der Waals surface area contributed by atoms with Gasteiger partial charge in [-0.15, -0.1) is 0 Å². The van der Waals surface area contributed by atoms with Crippen LogP contribution in [0.2, 0.25) is 0 Å². The van der Waals surface area contributed by atoms with Gasteiger partial charge in [-0.1, -0.05) is 6.07 Å². The van der Waals surface area contributed by atoms with E-state index in [0.717, 1.165) is 43.1 Å². The molecule has 1 aromatic rings. The molecule has 2 aliphatic heterocycles. The molecule has 0 radical (unpaired) electrons. The fourth-order valence-electron chi connectivity index (χ4n) is 2.92. The van der Waals surface area contributed by atoms with Crippen molar-refractivity contribution in [2.45, 2.75) is 25.8 Å². The fraction of sp³-hybridized carbons (Fsp3) is 0.611. The van der Waals surface area contributed by atoms with Gasteiger partial charge < -0.3 is 24.8 Å². The Morgan fingerprint density at radius 3 is 2.88 bits per heavy atom. The molecule has 2 fully saturated rings. The number of benzene rings is 1. The number of rotatable bonds is 5. The van der Waals surface area contributed by atoms with Crippen molar-refractivity contribution in [3.05, 3.63) is 23.8 Å². The number of carbonyl (C=O) groups is 1. The smallest absolute Gasteiger partial charge is 0.243 e. The third-order valence-electron chi connectivity index (χ3n) is 4.51. The molecule has 3 rings (SSSR count). The van der Waals surface area contributed by atoms with Gasteiger partial charge >= 0.3 is 0 Å². The summed E-state index contributed by atoms with van der Waals surface area (Å²) < 4.78 is 16.7. The first-order valence-electron chi connectivity index (χ1n) is 8.65. The standard InChI is InChI=1S/C18H26N2O4/c1-13-2-3-15(20-18(21)16-12-23-9-6-19-16)10-17(13)24-11-14-4-7-22-8-5-14/h2-3,10,14,16,19H,4-9,11-12H2,1H3,(H,20,21).